The molecule has 1 fully saturated rings. The molecular formula is C63H46N2. The van der Waals surface area contributed by atoms with E-state index >= 15 is 0 Å². The van der Waals surface area contributed by atoms with Crippen LogP contribution in [0.3, 0.4) is 0 Å². The second-order valence-corrected chi connectivity index (χ2v) is 19.7. The summed E-state index contributed by atoms with van der Waals surface area (Å²) in [7, 11) is 0. The van der Waals surface area contributed by atoms with Crippen LogP contribution in [0, 0.1) is 11.8 Å². The van der Waals surface area contributed by atoms with E-state index in [2.05, 4.69) is 205 Å². The molecule has 1 saturated carbocycles. The zero-order valence-electron chi connectivity index (χ0n) is 36.7. The Balaban J connectivity index is 0.928. The standard InChI is InChI=1S/C63H46N2/c1-63(2)57-35-61-55(49-23-11-13-25-59(49)64(61)37-27-29-47-43-19-5-3-15-39(43)41-17-7-9-21-45(41)51(47)31-37)33-53(57)54-34-56-50-24-12-14-26-60(50)65(62(56)36-58(54)63)38-28-30-48-44-20-6-4-16-40(44)42-18-8-10-22-46(42)52(48)32-38/h3,5,7-17,19-29,31-36,42,48H,4,6,18,30H2,1-2H3. The summed E-state index contributed by atoms with van der Waals surface area (Å²) in [6, 6.07) is 53.2. The molecule has 5 aliphatic carbocycles. The highest BCUT2D eigenvalue weighted by molar-refractivity contribution is 6.26. The fourth-order valence-electron chi connectivity index (χ4n) is 13.3. The predicted molar refractivity (Wildman–Crippen MR) is 275 cm³/mol. The van der Waals surface area contributed by atoms with Gasteiger partial charge < -0.3 is 9.13 Å². The van der Waals surface area contributed by atoms with Crippen LogP contribution >= 0.6 is 0 Å². The van der Waals surface area contributed by atoms with Gasteiger partial charge in [0.25, 0.3) is 0 Å². The van der Waals surface area contributed by atoms with Crippen LogP contribution < -0.4 is 0 Å². The maximum Gasteiger partial charge on any atom is 0.0544 e. The summed E-state index contributed by atoms with van der Waals surface area (Å²) in [6.07, 6.45) is 21.7. The Hall–Kier alpha value is -7.42. The van der Waals surface area contributed by atoms with Gasteiger partial charge in [-0.15, -0.1) is 0 Å². The van der Waals surface area contributed by atoms with Crippen LogP contribution in [0.2, 0.25) is 0 Å². The summed E-state index contributed by atoms with van der Waals surface area (Å²) in [5, 5.41) is 13.0. The number of benzene rings is 8. The molecule has 2 heteroatoms. The molecule has 0 bridgehead atoms. The zero-order valence-corrected chi connectivity index (χ0v) is 36.7. The Labute approximate surface area is 378 Å². The van der Waals surface area contributed by atoms with E-state index in [0.29, 0.717) is 11.8 Å². The van der Waals surface area contributed by atoms with Crippen molar-refractivity contribution in [1.82, 2.24) is 9.13 Å². The maximum atomic E-state index is 2.59. The van der Waals surface area contributed by atoms with Gasteiger partial charge in [0.15, 0.2) is 0 Å². The molecule has 0 amide bonds. The number of aromatic nitrogens is 2. The molecule has 2 nitrogen and oxygen atoms in total. The topological polar surface area (TPSA) is 9.86 Å². The third-order valence-corrected chi connectivity index (χ3v) is 16.2. The number of nitrogens with zero attached hydrogens (tertiary/aromatic N) is 2. The first kappa shape index (κ1) is 36.0. The molecule has 0 saturated heterocycles. The number of para-hydroxylation sites is 2. The lowest BCUT2D eigenvalue weighted by atomic mass is 9.63. The van der Waals surface area contributed by atoms with E-state index in [1.54, 1.807) is 11.1 Å². The minimum absolute atomic E-state index is 0.218. The monoisotopic (exact) mass is 830 g/mol. The van der Waals surface area contributed by atoms with Gasteiger partial charge in [-0.1, -0.05) is 141 Å². The minimum atomic E-state index is -0.218. The summed E-state index contributed by atoms with van der Waals surface area (Å²) < 4.78 is 5.11. The Morgan fingerprint density at radius 3 is 1.58 bits per heavy atom. The molecule has 10 aromatic rings. The summed E-state index contributed by atoms with van der Waals surface area (Å²) >= 11 is 0. The van der Waals surface area contributed by atoms with Crippen molar-refractivity contribution < 1.29 is 0 Å². The SMILES string of the molecule is CC1(C)c2cc3c(cc2-c2cc4c5ccccc5n(-c5ccc6c7ccccc7c7ccccc7c6c5)c4cc21)c1ccccc1n3C1=CCC2C3=CCCC=C3C3CC=CC=C3C2=C1. The van der Waals surface area contributed by atoms with E-state index in [9.17, 15) is 0 Å². The van der Waals surface area contributed by atoms with Gasteiger partial charge in [0, 0.05) is 50.2 Å². The van der Waals surface area contributed by atoms with Crippen LogP contribution in [0.25, 0.3) is 98.4 Å². The molecule has 2 atom stereocenters. The number of rotatable bonds is 2. The fourth-order valence-corrected chi connectivity index (χ4v) is 13.3. The van der Waals surface area contributed by atoms with E-state index in [1.807, 2.05) is 0 Å². The molecule has 15 rings (SSSR count). The second-order valence-electron chi connectivity index (χ2n) is 19.7. The van der Waals surface area contributed by atoms with Crippen molar-refractivity contribution in [2.24, 2.45) is 11.8 Å². The van der Waals surface area contributed by atoms with Gasteiger partial charge in [-0.25, -0.2) is 0 Å². The van der Waals surface area contributed by atoms with E-state index in [0.717, 1.165) is 19.3 Å². The first-order chi connectivity index (χ1) is 32.0. The van der Waals surface area contributed by atoms with Gasteiger partial charge in [0.1, 0.15) is 0 Å². The predicted octanol–water partition coefficient (Wildman–Crippen LogP) is 16.6. The van der Waals surface area contributed by atoms with Crippen LogP contribution in [0.5, 0.6) is 0 Å². The number of fused-ring (bicyclic) bond motifs is 21. The molecule has 308 valence electrons. The van der Waals surface area contributed by atoms with Crippen molar-refractivity contribution in [2.45, 2.75) is 44.9 Å². The van der Waals surface area contributed by atoms with E-state index in [-0.39, 0.29) is 5.41 Å². The summed E-state index contributed by atoms with van der Waals surface area (Å²) in [6.45, 7) is 4.90. The molecule has 2 aromatic heterocycles. The lowest BCUT2D eigenvalue weighted by Crippen LogP contribution is -2.28. The molecule has 65 heavy (non-hydrogen) atoms. The molecule has 8 aromatic carbocycles. The molecule has 0 spiro atoms. The van der Waals surface area contributed by atoms with E-state index < -0.39 is 0 Å². The van der Waals surface area contributed by atoms with Gasteiger partial charge >= 0.3 is 0 Å². The highest BCUT2D eigenvalue weighted by atomic mass is 15.0. The highest BCUT2D eigenvalue weighted by Crippen LogP contribution is 2.55. The van der Waals surface area contributed by atoms with Gasteiger partial charge in [-0.05, 0) is 157 Å². The minimum Gasteiger partial charge on any atom is -0.310 e. The van der Waals surface area contributed by atoms with Crippen molar-refractivity contribution >= 4 is 81.6 Å². The van der Waals surface area contributed by atoms with E-state index in [4.69, 9.17) is 0 Å². The molecule has 2 heterocycles. The molecular weight excluding hydrogens is 785 g/mol. The normalized spacial score (nSPS) is 19.5. The third kappa shape index (κ3) is 4.74. The van der Waals surface area contributed by atoms with Gasteiger partial charge in [-0.2, -0.15) is 0 Å². The van der Waals surface area contributed by atoms with Crippen LogP contribution in [-0.2, 0) is 5.41 Å². The lowest BCUT2D eigenvalue weighted by molar-refractivity contribution is 0.588. The fraction of sp³-hybridized carbons (Fsp3) is 0.143. The molecule has 0 radical (unpaired) electrons. The van der Waals surface area contributed by atoms with Gasteiger partial charge in [-0.3, -0.25) is 0 Å². The smallest absolute Gasteiger partial charge is 0.0544 e. The average Bonchev–Trinajstić information content (AvgIpc) is 3.94. The quantitative estimate of drug-likeness (QED) is 0.154. The number of allylic oxidation sites excluding steroid dienone is 12. The molecule has 0 aliphatic heterocycles. The Kier molecular flexibility index (Phi) is 7.12. The van der Waals surface area contributed by atoms with Crippen LogP contribution in [0.4, 0.5) is 0 Å². The third-order valence-electron chi connectivity index (χ3n) is 16.2. The Morgan fingerprint density at radius 1 is 0.431 bits per heavy atom. The van der Waals surface area contributed by atoms with Crippen molar-refractivity contribution in [1.29, 1.82) is 0 Å². The van der Waals surface area contributed by atoms with Gasteiger partial charge in [0.2, 0.25) is 0 Å². The van der Waals surface area contributed by atoms with E-state index in [1.165, 1.54) is 127 Å². The Morgan fingerprint density at radius 2 is 0.954 bits per heavy atom. The second kappa shape index (κ2) is 12.9. The highest BCUT2D eigenvalue weighted by Gasteiger charge is 2.40. The summed E-state index contributed by atoms with van der Waals surface area (Å²) in [5.74, 6) is 0.908. The summed E-state index contributed by atoms with van der Waals surface area (Å²) in [4.78, 5) is 0. The van der Waals surface area contributed by atoms with Crippen LogP contribution in [0.1, 0.15) is 50.7 Å². The Bertz CT molecular complexity index is 4000. The first-order valence-electron chi connectivity index (χ1n) is 23.7. The van der Waals surface area contributed by atoms with Gasteiger partial charge in [0.05, 0.1) is 22.1 Å². The first-order valence-corrected chi connectivity index (χ1v) is 23.7. The van der Waals surface area contributed by atoms with Crippen molar-refractivity contribution in [3.63, 3.8) is 0 Å². The average molecular weight is 831 g/mol. The van der Waals surface area contributed by atoms with Crippen LogP contribution in [0.15, 0.2) is 204 Å². The lowest BCUT2D eigenvalue weighted by Gasteiger charge is -2.42. The number of hydrogen-bond acceptors (Lipinski definition) is 0. The summed E-state index contributed by atoms with van der Waals surface area (Å²) in [5.41, 5.74) is 19.1. The van der Waals surface area contributed by atoms with Crippen molar-refractivity contribution in [3.8, 4) is 16.8 Å². The van der Waals surface area contributed by atoms with Crippen LogP contribution in [-0.4, -0.2) is 9.13 Å². The zero-order chi connectivity index (χ0) is 42.7. The molecule has 2 unspecified atom stereocenters. The largest absolute Gasteiger partial charge is 0.310 e. The van der Waals surface area contributed by atoms with Crippen molar-refractivity contribution in [2.75, 3.05) is 0 Å². The maximum absolute atomic E-state index is 2.59. The molecule has 0 N–H and O–H groups in total. The van der Waals surface area contributed by atoms with Crippen molar-refractivity contribution in [3.05, 3.63) is 215 Å². The number of hydrogen-bond donors (Lipinski definition) is 0. The molecule has 5 aliphatic rings.